The number of imide groups is 1. The fraction of sp³-hybridized carbons (Fsp3) is 0.167. The van der Waals surface area contributed by atoms with E-state index >= 15 is 0 Å². The minimum Gasteiger partial charge on any atom is -0.284 e. The van der Waals surface area contributed by atoms with Crippen LogP contribution in [0, 0.1) is 5.92 Å². The topological polar surface area (TPSA) is 49.9 Å². The van der Waals surface area contributed by atoms with Crippen molar-refractivity contribution in [2.45, 2.75) is 18.7 Å². The highest BCUT2D eigenvalue weighted by Gasteiger charge is 2.59. The molecule has 2 amide bonds. The highest BCUT2D eigenvalue weighted by Crippen LogP contribution is 2.46. The van der Waals surface area contributed by atoms with Gasteiger partial charge in [0.15, 0.2) is 6.10 Å². The summed E-state index contributed by atoms with van der Waals surface area (Å²) in [5, 5.41) is 2.32. The van der Waals surface area contributed by atoms with Crippen LogP contribution in [-0.2, 0) is 21.0 Å². The van der Waals surface area contributed by atoms with E-state index in [4.69, 9.17) is 16.4 Å². The van der Waals surface area contributed by atoms with E-state index < -0.39 is 12.0 Å². The van der Waals surface area contributed by atoms with Gasteiger partial charge in [-0.25, -0.2) is 4.90 Å². The van der Waals surface area contributed by atoms with Crippen LogP contribution in [-0.4, -0.2) is 23.0 Å². The molecule has 0 aromatic heterocycles. The summed E-state index contributed by atoms with van der Waals surface area (Å²) in [6.07, 6.45) is -0.845. The fourth-order valence-electron chi connectivity index (χ4n) is 4.24. The molecule has 5 rings (SSSR count). The molecule has 5 nitrogen and oxygen atoms in total. The Balaban J connectivity index is 1.51. The van der Waals surface area contributed by atoms with E-state index in [1.165, 1.54) is 4.90 Å². The summed E-state index contributed by atoms with van der Waals surface area (Å²) in [5.41, 5.74) is 2.50. The van der Waals surface area contributed by atoms with Crippen LogP contribution in [0.1, 0.15) is 17.2 Å². The quantitative estimate of drug-likeness (QED) is 0.590. The lowest BCUT2D eigenvalue weighted by molar-refractivity contribution is -0.177. The number of hydroxylamine groups is 2. The third-order valence-electron chi connectivity index (χ3n) is 5.60. The molecule has 0 N–H and O–H groups in total. The summed E-state index contributed by atoms with van der Waals surface area (Å²) in [4.78, 5) is 33.9. The van der Waals surface area contributed by atoms with Gasteiger partial charge >= 0.3 is 0 Å². The molecule has 2 saturated heterocycles. The molecule has 3 atom stereocenters. The molecule has 3 aromatic carbocycles. The van der Waals surface area contributed by atoms with Gasteiger partial charge in [0, 0.05) is 11.6 Å². The summed E-state index contributed by atoms with van der Waals surface area (Å²) >= 11 is 5.97. The zero-order chi connectivity index (χ0) is 20.7. The van der Waals surface area contributed by atoms with E-state index in [2.05, 4.69) is 0 Å². The molecule has 3 aromatic rings. The first-order valence-corrected chi connectivity index (χ1v) is 10.2. The van der Waals surface area contributed by atoms with E-state index in [0.29, 0.717) is 17.3 Å². The van der Waals surface area contributed by atoms with E-state index in [1.54, 1.807) is 29.3 Å². The number of rotatable bonds is 4. The maximum absolute atomic E-state index is 13.4. The minimum absolute atomic E-state index is 0.253. The lowest BCUT2D eigenvalue weighted by Gasteiger charge is -2.27. The predicted octanol–water partition coefficient (Wildman–Crippen LogP) is 4.39. The molecule has 30 heavy (non-hydrogen) atoms. The smallest absolute Gasteiger partial charge is 0.265 e. The molecular weight excluding hydrogens is 400 g/mol. The lowest BCUT2D eigenvalue weighted by atomic mass is 9.90. The summed E-state index contributed by atoms with van der Waals surface area (Å²) in [6.45, 7) is 0.481. The van der Waals surface area contributed by atoms with Crippen LogP contribution in [0.5, 0.6) is 0 Å². The van der Waals surface area contributed by atoms with Gasteiger partial charge in [0.05, 0.1) is 17.6 Å². The van der Waals surface area contributed by atoms with Gasteiger partial charge in [-0.1, -0.05) is 72.3 Å². The standard InChI is InChI=1S/C24H19ClN2O3/c25-18-11-13-19(14-12-18)27-23(28)20-21(17-9-5-2-6-10-17)26(30-22(20)24(27)29)15-16-7-3-1-4-8-16/h1-14,20-22H,15H2/t20-,21-,22-/m1/s1. The summed E-state index contributed by atoms with van der Waals surface area (Å²) in [5.74, 6) is -1.21. The summed E-state index contributed by atoms with van der Waals surface area (Å²) < 4.78 is 0. The molecule has 0 bridgehead atoms. The van der Waals surface area contributed by atoms with E-state index in [9.17, 15) is 9.59 Å². The van der Waals surface area contributed by atoms with Gasteiger partial charge in [-0.2, -0.15) is 5.06 Å². The Morgan fingerprint density at radius 3 is 2.10 bits per heavy atom. The number of hydrogen-bond donors (Lipinski definition) is 0. The molecule has 0 radical (unpaired) electrons. The first kappa shape index (κ1) is 19.0. The van der Waals surface area contributed by atoms with Crippen LogP contribution >= 0.6 is 11.6 Å². The Bertz CT molecular complexity index is 1070. The Labute approximate surface area is 179 Å². The van der Waals surface area contributed by atoms with Crippen molar-refractivity contribution < 1.29 is 14.4 Å². The van der Waals surface area contributed by atoms with Crippen LogP contribution in [0.2, 0.25) is 5.02 Å². The second-order valence-corrected chi connectivity index (χ2v) is 7.89. The van der Waals surface area contributed by atoms with Gasteiger partial charge in [-0.15, -0.1) is 0 Å². The van der Waals surface area contributed by atoms with Crippen LogP contribution in [0.15, 0.2) is 84.9 Å². The second kappa shape index (κ2) is 7.69. The third kappa shape index (κ3) is 3.21. The highest BCUT2D eigenvalue weighted by molar-refractivity contribution is 6.31. The molecule has 2 aliphatic heterocycles. The van der Waals surface area contributed by atoms with Gasteiger partial charge in [0.2, 0.25) is 5.91 Å². The Morgan fingerprint density at radius 1 is 0.800 bits per heavy atom. The Kier molecular flexibility index (Phi) is 4.87. The molecule has 6 heteroatoms. The van der Waals surface area contributed by atoms with Gasteiger partial charge in [0.25, 0.3) is 5.91 Å². The number of benzene rings is 3. The fourth-order valence-corrected chi connectivity index (χ4v) is 4.36. The van der Waals surface area contributed by atoms with Crippen molar-refractivity contribution in [1.29, 1.82) is 0 Å². The number of carbonyl (C=O) groups excluding carboxylic acids is 2. The average molecular weight is 419 g/mol. The number of hydrogen-bond acceptors (Lipinski definition) is 4. The van der Waals surface area contributed by atoms with Crippen molar-refractivity contribution in [1.82, 2.24) is 5.06 Å². The van der Waals surface area contributed by atoms with E-state index in [0.717, 1.165) is 11.1 Å². The van der Waals surface area contributed by atoms with Crippen LogP contribution < -0.4 is 4.90 Å². The average Bonchev–Trinajstić information content (AvgIpc) is 3.25. The van der Waals surface area contributed by atoms with Crippen molar-refractivity contribution in [2.75, 3.05) is 4.90 Å². The van der Waals surface area contributed by atoms with Crippen molar-refractivity contribution in [3.8, 4) is 0 Å². The molecule has 0 saturated carbocycles. The SMILES string of the molecule is O=C1[C@@H]2[C@@H](c3ccccc3)N(Cc3ccccc3)O[C@H]2C(=O)N1c1ccc(Cl)cc1. The number of nitrogens with zero attached hydrogens (tertiary/aromatic N) is 2. The van der Waals surface area contributed by atoms with E-state index in [1.807, 2.05) is 60.7 Å². The molecule has 2 heterocycles. The maximum atomic E-state index is 13.4. The highest BCUT2D eigenvalue weighted by atomic mass is 35.5. The molecule has 150 valence electrons. The van der Waals surface area contributed by atoms with E-state index in [-0.39, 0.29) is 17.9 Å². The molecular formula is C24H19ClN2O3. The van der Waals surface area contributed by atoms with Gasteiger partial charge in [-0.05, 0) is 35.4 Å². The Morgan fingerprint density at radius 2 is 1.43 bits per heavy atom. The van der Waals surface area contributed by atoms with Gasteiger partial charge in [0.1, 0.15) is 0 Å². The van der Waals surface area contributed by atoms with Crippen molar-refractivity contribution >= 4 is 29.1 Å². The van der Waals surface area contributed by atoms with Crippen molar-refractivity contribution in [2.24, 2.45) is 5.92 Å². The molecule has 2 fully saturated rings. The van der Waals surface area contributed by atoms with Crippen molar-refractivity contribution in [3.05, 3.63) is 101 Å². The molecule has 0 unspecified atom stereocenters. The minimum atomic E-state index is -0.845. The molecule has 0 aliphatic carbocycles. The van der Waals surface area contributed by atoms with Crippen molar-refractivity contribution in [3.63, 3.8) is 0 Å². The Hall–Kier alpha value is -2.99. The summed E-state index contributed by atoms with van der Waals surface area (Å²) in [6, 6.07) is 26.0. The predicted molar refractivity (Wildman–Crippen MR) is 113 cm³/mol. The molecule has 0 spiro atoms. The first-order chi connectivity index (χ1) is 14.6. The van der Waals surface area contributed by atoms with Crippen LogP contribution in [0.25, 0.3) is 0 Å². The van der Waals surface area contributed by atoms with Gasteiger partial charge in [-0.3, -0.25) is 14.4 Å². The zero-order valence-electron chi connectivity index (χ0n) is 16.0. The maximum Gasteiger partial charge on any atom is 0.265 e. The number of anilines is 1. The second-order valence-electron chi connectivity index (χ2n) is 7.46. The zero-order valence-corrected chi connectivity index (χ0v) is 16.8. The monoisotopic (exact) mass is 418 g/mol. The normalized spacial score (nSPS) is 23.8. The van der Waals surface area contributed by atoms with Gasteiger partial charge < -0.3 is 0 Å². The lowest BCUT2D eigenvalue weighted by Crippen LogP contribution is -2.37. The summed E-state index contributed by atoms with van der Waals surface area (Å²) in [7, 11) is 0. The third-order valence-corrected chi connectivity index (χ3v) is 5.85. The first-order valence-electron chi connectivity index (χ1n) is 9.79. The molecule has 2 aliphatic rings. The number of carbonyl (C=O) groups is 2. The number of halogens is 1. The van der Waals surface area contributed by atoms with Crippen LogP contribution in [0.4, 0.5) is 5.69 Å². The number of fused-ring (bicyclic) bond motifs is 1. The largest absolute Gasteiger partial charge is 0.284 e. The number of amides is 2. The van der Waals surface area contributed by atoms with Crippen LogP contribution in [0.3, 0.4) is 0 Å².